The Balaban J connectivity index is 3.89. The number of carbonyl (C=O) groups excluding carboxylic acids is 2. The van der Waals surface area contributed by atoms with Gasteiger partial charge in [-0.15, -0.1) is 0 Å². The summed E-state index contributed by atoms with van der Waals surface area (Å²) in [4.78, 5) is 31.3. The van der Waals surface area contributed by atoms with Crippen LogP contribution in [0.1, 0.15) is 19.8 Å². The smallest absolute Gasteiger partial charge is 0.303 e. The first-order chi connectivity index (χ1) is 5.45. The first-order valence-electron chi connectivity index (χ1n) is 3.42. The van der Waals surface area contributed by atoms with Crippen molar-refractivity contribution in [2.75, 3.05) is 0 Å². The van der Waals surface area contributed by atoms with Gasteiger partial charge in [0.25, 0.3) is 0 Å². The van der Waals surface area contributed by atoms with Gasteiger partial charge in [-0.1, -0.05) is 0 Å². The summed E-state index contributed by atoms with van der Waals surface area (Å²) in [5.74, 6) is -2.91. The number of hydrogen-bond acceptors (Lipinski definition) is 4. The van der Waals surface area contributed by atoms with Crippen LogP contribution in [0.3, 0.4) is 0 Å². The Labute approximate surface area is 69.0 Å². The van der Waals surface area contributed by atoms with Gasteiger partial charge < -0.3 is 10.2 Å². The maximum Gasteiger partial charge on any atom is 0.303 e. The lowest BCUT2D eigenvalue weighted by Gasteiger charge is -1.99. The van der Waals surface area contributed by atoms with Gasteiger partial charge in [0.2, 0.25) is 11.6 Å². The predicted molar refractivity (Wildman–Crippen MR) is 38.6 cm³/mol. The van der Waals surface area contributed by atoms with Crippen molar-refractivity contribution in [1.29, 1.82) is 0 Å². The van der Waals surface area contributed by atoms with Crippen LogP contribution in [-0.2, 0) is 14.4 Å². The topological polar surface area (TPSA) is 91.7 Å². The first-order valence-corrected chi connectivity index (χ1v) is 3.42. The van der Waals surface area contributed by atoms with E-state index in [0.29, 0.717) is 0 Å². The summed E-state index contributed by atoms with van der Waals surface area (Å²) in [6.45, 7) is 1.17. The van der Waals surface area contributed by atoms with E-state index in [-0.39, 0.29) is 12.8 Å². The number of carbonyl (C=O) groups is 3. The molecule has 0 spiro atoms. The molecule has 2 N–H and O–H groups in total. The van der Waals surface area contributed by atoms with Gasteiger partial charge in [-0.3, -0.25) is 14.4 Å². The number of carboxylic acid groups (broad SMARTS) is 1. The second-order valence-corrected chi connectivity index (χ2v) is 2.36. The first kappa shape index (κ1) is 10.8. The van der Waals surface area contributed by atoms with Crippen molar-refractivity contribution in [2.45, 2.75) is 25.9 Å². The van der Waals surface area contributed by atoms with Crippen LogP contribution >= 0.6 is 0 Å². The van der Waals surface area contributed by atoms with Crippen molar-refractivity contribution < 1.29 is 24.6 Å². The Bertz CT molecular complexity index is 206. The van der Waals surface area contributed by atoms with Crippen LogP contribution in [0.5, 0.6) is 0 Å². The van der Waals surface area contributed by atoms with E-state index in [1.807, 2.05) is 0 Å². The Morgan fingerprint density at radius 3 is 2.08 bits per heavy atom. The molecular formula is C7H10O5. The molecule has 0 aromatic heterocycles. The summed E-state index contributed by atoms with van der Waals surface area (Å²) in [7, 11) is 0. The van der Waals surface area contributed by atoms with E-state index < -0.39 is 23.6 Å². The van der Waals surface area contributed by atoms with E-state index in [1.165, 1.54) is 6.92 Å². The molecule has 0 aliphatic rings. The zero-order valence-corrected chi connectivity index (χ0v) is 6.61. The summed E-state index contributed by atoms with van der Waals surface area (Å²) in [5, 5.41) is 16.8. The van der Waals surface area contributed by atoms with Gasteiger partial charge in [0.05, 0.1) is 6.42 Å². The Morgan fingerprint density at radius 1 is 1.25 bits per heavy atom. The molecule has 5 heteroatoms. The minimum atomic E-state index is -1.34. The standard InChI is InChI=1S/C7H10O5/c1-4(8)7(12)5(9)2-3-6(10)11/h4,8H,2-3H2,1H3,(H,10,11). The number of aliphatic carboxylic acids is 1. The van der Waals surface area contributed by atoms with Gasteiger partial charge in [0.1, 0.15) is 6.10 Å². The molecule has 0 radical (unpaired) electrons. The normalized spacial score (nSPS) is 12.2. The third-order valence-corrected chi connectivity index (χ3v) is 1.22. The zero-order chi connectivity index (χ0) is 9.72. The van der Waals surface area contributed by atoms with E-state index in [4.69, 9.17) is 10.2 Å². The van der Waals surface area contributed by atoms with Crippen LogP contribution in [0, 0.1) is 0 Å². The molecular weight excluding hydrogens is 164 g/mol. The summed E-state index contributed by atoms with van der Waals surface area (Å²) in [6, 6.07) is 0. The van der Waals surface area contributed by atoms with Crippen molar-refractivity contribution in [3.05, 3.63) is 0 Å². The molecule has 0 heterocycles. The van der Waals surface area contributed by atoms with E-state index >= 15 is 0 Å². The maximum absolute atomic E-state index is 10.7. The van der Waals surface area contributed by atoms with Gasteiger partial charge in [-0.05, 0) is 6.92 Å². The number of rotatable bonds is 5. The van der Waals surface area contributed by atoms with E-state index in [0.717, 1.165) is 0 Å². The molecule has 0 saturated heterocycles. The van der Waals surface area contributed by atoms with Crippen LogP contribution in [0.15, 0.2) is 0 Å². The van der Waals surface area contributed by atoms with Crippen LogP contribution < -0.4 is 0 Å². The second kappa shape index (κ2) is 4.61. The minimum absolute atomic E-state index is 0.348. The number of aliphatic hydroxyl groups is 1. The van der Waals surface area contributed by atoms with Gasteiger partial charge in [0.15, 0.2) is 0 Å². The molecule has 1 unspecified atom stereocenters. The highest BCUT2D eigenvalue weighted by molar-refractivity contribution is 6.38. The fourth-order valence-electron chi connectivity index (χ4n) is 0.577. The molecule has 0 fully saturated rings. The van der Waals surface area contributed by atoms with Crippen molar-refractivity contribution in [3.63, 3.8) is 0 Å². The molecule has 5 nitrogen and oxygen atoms in total. The summed E-state index contributed by atoms with van der Waals surface area (Å²) >= 11 is 0. The zero-order valence-electron chi connectivity index (χ0n) is 6.61. The molecule has 0 saturated carbocycles. The lowest BCUT2D eigenvalue weighted by Crippen LogP contribution is -2.25. The molecule has 0 aromatic carbocycles. The number of ketones is 2. The van der Waals surface area contributed by atoms with Crippen molar-refractivity contribution >= 4 is 17.5 Å². The second-order valence-electron chi connectivity index (χ2n) is 2.36. The molecule has 1 atom stereocenters. The average Bonchev–Trinajstić information content (AvgIpc) is 1.98. The van der Waals surface area contributed by atoms with Gasteiger partial charge in [-0.25, -0.2) is 0 Å². The number of carboxylic acids is 1. The molecule has 12 heavy (non-hydrogen) atoms. The van der Waals surface area contributed by atoms with Crippen LogP contribution in [0.4, 0.5) is 0 Å². The molecule has 0 rings (SSSR count). The number of hydrogen-bond donors (Lipinski definition) is 2. The summed E-state index contributed by atoms with van der Waals surface area (Å²) < 4.78 is 0. The molecule has 0 bridgehead atoms. The lowest BCUT2D eigenvalue weighted by atomic mass is 10.1. The summed E-state index contributed by atoms with van der Waals surface area (Å²) in [6.07, 6.45) is -2.07. The van der Waals surface area contributed by atoms with E-state index in [9.17, 15) is 14.4 Å². The van der Waals surface area contributed by atoms with Crippen LogP contribution in [0.2, 0.25) is 0 Å². The van der Waals surface area contributed by atoms with E-state index in [2.05, 4.69) is 0 Å². The molecule has 0 amide bonds. The van der Waals surface area contributed by atoms with Crippen LogP contribution in [0.25, 0.3) is 0 Å². The van der Waals surface area contributed by atoms with Crippen molar-refractivity contribution in [2.24, 2.45) is 0 Å². The monoisotopic (exact) mass is 174 g/mol. The Hall–Kier alpha value is -1.23. The number of aliphatic hydroxyl groups excluding tert-OH is 1. The van der Waals surface area contributed by atoms with Gasteiger partial charge in [0, 0.05) is 6.42 Å². The quantitative estimate of drug-likeness (QED) is 0.541. The predicted octanol–water partition coefficient (Wildman–Crippen LogP) is -0.630. The van der Waals surface area contributed by atoms with Crippen molar-refractivity contribution in [3.8, 4) is 0 Å². The molecule has 0 aliphatic heterocycles. The highest BCUT2D eigenvalue weighted by Crippen LogP contribution is 1.95. The third kappa shape index (κ3) is 3.82. The third-order valence-electron chi connectivity index (χ3n) is 1.22. The highest BCUT2D eigenvalue weighted by Gasteiger charge is 2.19. The van der Waals surface area contributed by atoms with Crippen molar-refractivity contribution in [1.82, 2.24) is 0 Å². The average molecular weight is 174 g/mol. The summed E-state index contributed by atoms with van der Waals surface area (Å²) in [5.41, 5.74) is 0. The lowest BCUT2D eigenvalue weighted by molar-refractivity contribution is -0.143. The maximum atomic E-state index is 10.7. The Kier molecular flexibility index (Phi) is 4.14. The highest BCUT2D eigenvalue weighted by atomic mass is 16.4. The molecule has 68 valence electrons. The molecule has 0 aromatic rings. The van der Waals surface area contributed by atoms with Gasteiger partial charge >= 0.3 is 5.97 Å². The van der Waals surface area contributed by atoms with Crippen LogP contribution in [-0.4, -0.2) is 33.9 Å². The largest absolute Gasteiger partial charge is 0.481 e. The number of Topliss-reactive ketones (excluding diaryl/α,β-unsaturated/α-hetero) is 2. The minimum Gasteiger partial charge on any atom is -0.481 e. The van der Waals surface area contributed by atoms with Gasteiger partial charge in [-0.2, -0.15) is 0 Å². The Morgan fingerprint density at radius 2 is 1.75 bits per heavy atom. The van der Waals surface area contributed by atoms with E-state index in [1.54, 1.807) is 0 Å². The fourth-order valence-corrected chi connectivity index (χ4v) is 0.577. The molecule has 0 aliphatic carbocycles. The SMILES string of the molecule is CC(O)C(=O)C(=O)CCC(=O)O. The fraction of sp³-hybridized carbons (Fsp3) is 0.571.